The molecule has 0 unspecified atom stereocenters. The van der Waals surface area contributed by atoms with Crippen LogP contribution in [0.15, 0.2) is 29.2 Å². The molecule has 0 spiro atoms. The van der Waals surface area contributed by atoms with Gasteiger partial charge in [0.1, 0.15) is 16.7 Å². The van der Waals surface area contributed by atoms with Gasteiger partial charge in [-0.15, -0.1) is 0 Å². The van der Waals surface area contributed by atoms with Gasteiger partial charge in [0, 0.05) is 6.92 Å². The Labute approximate surface area is 119 Å². The van der Waals surface area contributed by atoms with Gasteiger partial charge >= 0.3 is 0 Å². The fourth-order valence-corrected chi connectivity index (χ4v) is 3.12. The van der Waals surface area contributed by atoms with Crippen molar-refractivity contribution < 1.29 is 17.5 Å². The number of hydrogen-bond donors (Lipinski definition) is 0. The number of hydrogen-bond acceptors (Lipinski definition) is 4. The van der Waals surface area contributed by atoms with Crippen LogP contribution in [-0.4, -0.2) is 41.4 Å². The standard InChI is InChI=1S/C7H8O3S.C6H12NS/c1-6-2-4-7(5-3-6)11(8,9)10;1-3-7-4-5-8-6(7)2/h2-5H,1H3,(H,8,9,10);3-5H2,1-2H3/q;+1/p-1. The van der Waals surface area contributed by atoms with Crippen molar-refractivity contribution in [2.75, 3.05) is 18.8 Å². The number of aryl methyl sites for hydroxylation is 1. The van der Waals surface area contributed by atoms with E-state index >= 15 is 0 Å². The Balaban J connectivity index is 0.000000200. The first-order valence-electron chi connectivity index (χ1n) is 6.08. The fourth-order valence-electron chi connectivity index (χ4n) is 1.64. The molecule has 1 aliphatic rings. The summed E-state index contributed by atoms with van der Waals surface area (Å²) in [5.41, 5.74) is 0.928. The van der Waals surface area contributed by atoms with Crippen molar-refractivity contribution >= 4 is 26.9 Å². The lowest BCUT2D eigenvalue weighted by atomic mass is 10.2. The molecule has 0 bridgehead atoms. The third-order valence-electron chi connectivity index (χ3n) is 2.81. The Morgan fingerprint density at radius 1 is 1.26 bits per heavy atom. The minimum atomic E-state index is -4.27. The van der Waals surface area contributed by atoms with Crippen LogP contribution in [0, 0.1) is 6.92 Å². The summed E-state index contributed by atoms with van der Waals surface area (Å²) in [5.74, 6) is 1.29. The van der Waals surface area contributed by atoms with Crippen LogP contribution in [0.5, 0.6) is 0 Å². The summed E-state index contributed by atoms with van der Waals surface area (Å²) in [4.78, 5) is -0.178. The highest BCUT2D eigenvalue weighted by molar-refractivity contribution is 8.13. The summed E-state index contributed by atoms with van der Waals surface area (Å²) in [5, 5.41) is 1.49. The number of thioether (sulfide) groups is 1. The maximum atomic E-state index is 10.4. The fraction of sp³-hybridized carbons (Fsp3) is 0.462. The Hall–Kier alpha value is -0.850. The normalized spacial score (nSPS) is 15.2. The van der Waals surface area contributed by atoms with Crippen LogP contribution < -0.4 is 0 Å². The molecule has 0 fully saturated rings. The molecule has 19 heavy (non-hydrogen) atoms. The van der Waals surface area contributed by atoms with Crippen LogP contribution >= 0.6 is 11.8 Å². The lowest BCUT2D eigenvalue weighted by Crippen LogP contribution is -2.11. The first-order valence-corrected chi connectivity index (χ1v) is 8.48. The summed E-state index contributed by atoms with van der Waals surface area (Å²) in [6.45, 7) is 8.66. The highest BCUT2D eigenvalue weighted by Crippen LogP contribution is 2.10. The molecule has 2 rings (SSSR count). The zero-order valence-electron chi connectivity index (χ0n) is 11.4. The maximum Gasteiger partial charge on any atom is 0.207 e. The lowest BCUT2D eigenvalue weighted by Gasteiger charge is -2.05. The zero-order valence-corrected chi connectivity index (χ0v) is 13.1. The van der Waals surface area contributed by atoms with Crippen molar-refractivity contribution in [1.29, 1.82) is 0 Å². The molecule has 1 heterocycles. The third kappa shape index (κ3) is 5.34. The average molecular weight is 301 g/mol. The van der Waals surface area contributed by atoms with Crippen LogP contribution in [0.3, 0.4) is 0 Å². The molecule has 106 valence electrons. The second-order valence-electron chi connectivity index (χ2n) is 4.21. The van der Waals surface area contributed by atoms with Gasteiger partial charge in [0.05, 0.1) is 10.6 Å². The Kier molecular flexibility index (Phi) is 6.03. The minimum Gasteiger partial charge on any atom is -0.744 e. The van der Waals surface area contributed by atoms with Crippen molar-refractivity contribution in [2.24, 2.45) is 0 Å². The summed E-state index contributed by atoms with van der Waals surface area (Å²) in [6, 6.07) is 5.78. The van der Waals surface area contributed by atoms with E-state index in [-0.39, 0.29) is 4.90 Å². The number of nitrogens with zero attached hydrogens (tertiary/aromatic N) is 1. The van der Waals surface area contributed by atoms with Gasteiger partial charge in [-0.05, 0) is 26.0 Å². The van der Waals surface area contributed by atoms with Gasteiger partial charge in [0.25, 0.3) is 0 Å². The summed E-state index contributed by atoms with van der Waals surface area (Å²) < 4.78 is 33.6. The van der Waals surface area contributed by atoms with Crippen molar-refractivity contribution in [3.05, 3.63) is 29.8 Å². The van der Waals surface area contributed by atoms with E-state index in [0.717, 1.165) is 5.56 Å². The van der Waals surface area contributed by atoms with Crippen molar-refractivity contribution in [3.8, 4) is 0 Å². The Morgan fingerprint density at radius 2 is 1.84 bits per heavy atom. The summed E-state index contributed by atoms with van der Waals surface area (Å²) in [7, 11) is -4.27. The van der Waals surface area contributed by atoms with Crippen LogP contribution in [0.1, 0.15) is 19.4 Å². The van der Waals surface area contributed by atoms with Crippen LogP contribution in [-0.2, 0) is 10.1 Å². The largest absolute Gasteiger partial charge is 0.744 e. The number of rotatable bonds is 2. The van der Waals surface area contributed by atoms with Gasteiger partial charge in [-0.2, -0.15) is 0 Å². The second kappa shape index (κ2) is 7.07. The predicted molar refractivity (Wildman–Crippen MR) is 77.9 cm³/mol. The molecule has 0 atom stereocenters. The van der Waals surface area contributed by atoms with Crippen LogP contribution in [0.4, 0.5) is 0 Å². The first kappa shape index (κ1) is 16.2. The second-order valence-corrected chi connectivity index (χ2v) is 6.88. The van der Waals surface area contributed by atoms with Crippen LogP contribution in [0.2, 0.25) is 0 Å². The lowest BCUT2D eigenvalue weighted by molar-refractivity contribution is -0.514. The van der Waals surface area contributed by atoms with Crippen molar-refractivity contribution in [3.63, 3.8) is 0 Å². The van der Waals surface area contributed by atoms with E-state index in [2.05, 4.69) is 18.4 Å². The molecule has 1 aromatic rings. The van der Waals surface area contributed by atoms with E-state index in [9.17, 15) is 13.0 Å². The van der Waals surface area contributed by atoms with Gasteiger partial charge in [0.2, 0.25) is 5.04 Å². The molecule has 4 nitrogen and oxygen atoms in total. The van der Waals surface area contributed by atoms with E-state index < -0.39 is 10.1 Å². The zero-order chi connectivity index (χ0) is 14.5. The van der Waals surface area contributed by atoms with E-state index in [0.29, 0.717) is 0 Å². The molecular weight excluding hydrogens is 282 g/mol. The molecule has 0 radical (unpaired) electrons. The summed E-state index contributed by atoms with van der Waals surface area (Å²) >= 11 is 1.97. The van der Waals surface area contributed by atoms with Gasteiger partial charge in [0.15, 0.2) is 6.54 Å². The van der Waals surface area contributed by atoms with E-state index in [4.69, 9.17) is 0 Å². The molecule has 0 amide bonds. The molecule has 0 aliphatic carbocycles. The van der Waals surface area contributed by atoms with E-state index in [1.807, 2.05) is 18.7 Å². The van der Waals surface area contributed by atoms with Gasteiger partial charge in [-0.25, -0.2) is 13.0 Å². The molecule has 0 aromatic heterocycles. The molecule has 0 saturated carbocycles. The van der Waals surface area contributed by atoms with Gasteiger partial charge in [-0.1, -0.05) is 29.5 Å². The topological polar surface area (TPSA) is 60.2 Å². The maximum absolute atomic E-state index is 10.4. The molecule has 0 saturated heterocycles. The Bertz CT molecular complexity index is 548. The van der Waals surface area contributed by atoms with Crippen LogP contribution in [0.25, 0.3) is 0 Å². The van der Waals surface area contributed by atoms with E-state index in [1.54, 1.807) is 12.1 Å². The molecule has 0 N–H and O–H groups in total. The van der Waals surface area contributed by atoms with E-state index in [1.165, 1.54) is 36.0 Å². The molecule has 6 heteroatoms. The molecule has 1 aromatic carbocycles. The van der Waals surface area contributed by atoms with Crippen molar-refractivity contribution in [2.45, 2.75) is 25.7 Å². The average Bonchev–Trinajstić information content (AvgIpc) is 2.75. The predicted octanol–water partition coefficient (Wildman–Crippen LogP) is 2.08. The molecular formula is C13H19NO3S2. The van der Waals surface area contributed by atoms with Gasteiger partial charge in [-0.3, -0.25) is 0 Å². The monoisotopic (exact) mass is 301 g/mol. The Morgan fingerprint density at radius 3 is 2.16 bits per heavy atom. The molecule has 1 aliphatic heterocycles. The quantitative estimate of drug-likeness (QED) is 0.620. The van der Waals surface area contributed by atoms with Crippen molar-refractivity contribution in [1.82, 2.24) is 0 Å². The highest BCUT2D eigenvalue weighted by Gasteiger charge is 2.15. The first-order chi connectivity index (χ1) is 8.84. The smallest absolute Gasteiger partial charge is 0.207 e. The summed E-state index contributed by atoms with van der Waals surface area (Å²) in [6.07, 6.45) is 0. The van der Waals surface area contributed by atoms with Gasteiger partial charge < -0.3 is 4.55 Å². The highest BCUT2D eigenvalue weighted by atomic mass is 32.2. The number of benzene rings is 1. The minimum absolute atomic E-state index is 0.178. The third-order valence-corrected chi connectivity index (χ3v) is 4.72. The SMILES string of the molecule is CC[N+]1=C(C)SCC1.Cc1ccc(S(=O)(=O)[O-])cc1.